The van der Waals surface area contributed by atoms with Crippen molar-refractivity contribution in [1.82, 2.24) is 4.98 Å². The van der Waals surface area contributed by atoms with E-state index in [0.717, 1.165) is 13.1 Å². The van der Waals surface area contributed by atoms with Gasteiger partial charge in [-0.05, 0) is 18.9 Å². The lowest BCUT2D eigenvalue weighted by molar-refractivity contribution is 0.726. The number of hydrogen-bond donors (Lipinski definition) is 1. The van der Waals surface area contributed by atoms with Crippen LogP contribution in [0.5, 0.6) is 0 Å². The van der Waals surface area contributed by atoms with E-state index in [0.29, 0.717) is 5.82 Å². The minimum Gasteiger partial charge on any atom is -0.384 e. The summed E-state index contributed by atoms with van der Waals surface area (Å²) in [5.74, 6) is 0.617. The van der Waals surface area contributed by atoms with Crippen LogP contribution in [0, 0.1) is 0 Å². The fourth-order valence-corrected chi connectivity index (χ4v) is 1.96. The third kappa shape index (κ3) is 2.16. The average molecular weight is 191 g/mol. The van der Waals surface area contributed by atoms with Crippen molar-refractivity contribution in [2.45, 2.75) is 25.7 Å². The van der Waals surface area contributed by atoms with Crippen LogP contribution in [0.4, 0.5) is 11.5 Å². The Bertz CT molecular complexity index is 290. The maximum atomic E-state index is 5.67. The Hall–Kier alpha value is -1.25. The predicted molar refractivity (Wildman–Crippen MR) is 59.3 cm³/mol. The topological polar surface area (TPSA) is 42.1 Å². The van der Waals surface area contributed by atoms with E-state index >= 15 is 0 Å². The summed E-state index contributed by atoms with van der Waals surface area (Å²) in [7, 11) is 0. The second-order valence-corrected chi connectivity index (χ2v) is 3.84. The highest BCUT2D eigenvalue weighted by atomic mass is 15.1. The average Bonchev–Trinajstić information content (AvgIpc) is 2.45. The van der Waals surface area contributed by atoms with Crippen LogP contribution in [-0.4, -0.2) is 18.1 Å². The van der Waals surface area contributed by atoms with E-state index in [1.54, 1.807) is 6.20 Å². The van der Waals surface area contributed by atoms with E-state index in [-0.39, 0.29) is 0 Å². The van der Waals surface area contributed by atoms with Crippen LogP contribution in [0.3, 0.4) is 0 Å². The maximum Gasteiger partial charge on any atom is 0.125 e. The molecule has 0 atom stereocenters. The summed E-state index contributed by atoms with van der Waals surface area (Å²) in [6.45, 7) is 2.31. The van der Waals surface area contributed by atoms with Crippen LogP contribution in [0.1, 0.15) is 25.7 Å². The standard InChI is InChI=1S/C11H17N3/c12-11-9-10(5-6-13-11)14-7-3-1-2-4-8-14/h5-6,9H,1-4,7-8H2,(H2,12,13). The van der Waals surface area contributed by atoms with Crippen molar-refractivity contribution in [2.24, 2.45) is 0 Å². The van der Waals surface area contributed by atoms with E-state index in [1.807, 2.05) is 12.1 Å². The lowest BCUT2D eigenvalue weighted by atomic mass is 10.2. The normalized spacial score (nSPS) is 17.9. The molecule has 2 heterocycles. The molecule has 3 nitrogen and oxygen atoms in total. The molecule has 3 heteroatoms. The fraction of sp³-hybridized carbons (Fsp3) is 0.545. The summed E-state index contributed by atoms with van der Waals surface area (Å²) in [4.78, 5) is 6.42. The number of nitrogens with zero attached hydrogens (tertiary/aromatic N) is 2. The number of rotatable bonds is 1. The third-order valence-corrected chi connectivity index (χ3v) is 2.74. The molecule has 1 saturated heterocycles. The van der Waals surface area contributed by atoms with Crippen molar-refractivity contribution in [2.75, 3.05) is 23.7 Å². The first kappa shape index (κ1) is 9.31. The monoisotopic (exact) mass is 191 g/mol. The van der Waals surface area contributed by atoms with Gasteiger partial charge in [0.1, 0.15) is 5.82 Å². The Morgan fingerprint density at radius 2 is 1.86 bits per heavy atom. The Morgan fingerprint density at radius 1 is 1.14 bits per heavy atom. The molecular formula is C11H17N3. The first-order valence-corrected chi connectivity index (χ1v) is 5.33. The molecule has 0 amide bonds. The van der Waals surface area contributed by atoms with Crippen molar-refractivity contribution in [3.8, 4) is 0 Å². The molecule has 0 spiro atoms. The lowest BCUT2D eigenvalue weighted by Crippen LogP contribution is -2.23. The molecule has 1 aliphatic rings. The van der Waals surface area contributed by atoms with E-state index < -0.39 is 0 Å². The highest BCUT2D eigenvalue weighted by molar-refractivity contribution is 5.51. The number of hydrogen-bond acceptors (Lipinski definition) is 3. The third-order valence-electron chi connectivity index (χ3n) is 2.74. The second-order valence-electron chi connectivity index (χ2n) is 3.84. The molecule has 1 aromatic rings. The van der Waals surface area contributed by atoms with Gasteiger partial charge in [0.05, 0.1) is 0 Å². The van der Waals surface area contributed by atoms with Gasteiger partial charge in [0.15, 0.2) is 0 Å². The summed E-state index contributed by atoms with van der Waals surface area (Å²) >= 11 is 0. The first-order valence-electron chi connectivity index (χ1n) is 5.33. The molecular weight excluding hydrogens is 174 g/mol. The molecule has 1 fully saturated rings. The lowest BCUT2D eigenvalue weighted by Gasteiger charge is -2.22. The zero-order valence-electron chi connectivity index (χ0n) is 8.45. The highest BCUT2D eigenvalue weighted by Crippen LogP contribution is 2.19. The quantitative estimate of drug-likeness (QED) is 0.738. The molecule has 0 bridgehead atoms. The molecule has 1 aliphatic heterocycles. The van der Waals surface area contributed by atoms with Crippen molar-refractivity contribution in [1.29, 1.82) is 0 Å². The number of nitrogen functional groups attached to an aromatic ring is 1. The number of aromatic nitrogens is 1. The zero-order chi connectivity index (χ0) is 9.80. The van der Waals surface area contributed by atoms with Crippen molar-refractivity contribution in [3.05, 3.63) is 18.3 Å². The van der Waals surface area contributed by atoms with Gasteiger partial charge in [-0.15, -0.1) is 0 Å². The molecule has 14 heavy (non-hydrogen) atoms. The summed E-state index contributed by atoms with van der Waals surface area (Å²) in [6.07, 6.45) is 7.09. The van der Waals surface area contributed by atoms with E-state index in [2.05, 4.69) is 9.88 Å². The number of nitrogens with two attached hydrogens (primary N) is 1. The molecule has 0 aliphatic carbocycles. The first-order chi connectivity index (χ1) is 6.86. The van der Waals surface area contributed by atoms with Gasteiger partial charge >= 0.3 is 0 Å². The van der Waals surface area contributed by atoms with Gasteiger partial charge in [0.2, 0.25) is 0 Å². The van der Waals surface area contributed by atoms with Crippen LogP contribution in [-0.2, 0) is 0 Å². The number of anilines is 2. The van der Waals surface area contributed by atoms with Gasteiger partial charge in [-0.2, -0.15) is 0 Å². The number of pyridine rings is 1. The largest absolute Gasteiger partial charge is 0.384 e. The molecule has 0 unspecified atom stereocenters. The van der Waals surface area contributed by atoms with E-state index in [4.69, 9.17) is 5.73 Å². The summed E-state index contributed by atoms with van der Waals surface area (Å²) in [6, 6.07) is 4.01. The summed E-state index contributed by atoms with van der Waals surface area (Å²) in [5.41, 5.74) is 6.89. The highest BCUT2D eigenvalue weighted by Gasteiger charge is 2.09. The van der Waals surface area contributed by atoms with E-state index in [9.17, 15) is 0 Å². The van der Waals surface area contributed by atoms with Crippen LogP contribution < -0.4 is 10.6 Å². The van der Waals surface area contributed by atoms with Gasteiger partial charge in [0.25, 0.3) is 0 Å². The van der Waals surface area contributed by atoms with Crippen LogP contribution in [0.15, 0.2) is 18.3 Å². The Kier molecular flexibility index (Phi) is 2.87. The minimum absolute atomic E-state index is 0.617. The molecule has 0 aromatic carbocycles. The zero-order valence-corrected chi connectivity index (χ0v) is 8.45. The van der Waals surface area contributed by atoms with Gasteiger partial charge in [-0.3, -0.25) is 0 Å². The van der Waals surface area contributed by atoms with Gasteiger partial charge in [0, 0.05) is 31.0 Å². The van der Waals surface area contributed by atoms with Gasteiger partial charge in [-0.1, -0.05) is 12.8 Å². The smallest absolute Gasteiger partial charge is 0.125 e. The second kappa shape index (κ2) is 4.31. The van der Waals surface area contributed by atoms with Crippen molar-refractivity contribution < 1.29 is 0 Å². The van der Waals surface area contributed by atoms with Gasteiger partial charge in [-0.25, -0.2) is 4.98 Å². The Morgan fingerprint density at radius 3 is 2.50 bits per heavy atom. The van der Waals surface area contributed by atoms with Crippen molar-refractivity contribution >= 4 is 11.5 Å². The molecule has 76 valence electrons. The Labute approximate surface area is 84.9 Å². The minimum atomic E-state index is 0.617. The van der Waals surface area contributed by atoms with Crippen LogP contribution in [0.2, 0.25) is 0 Å². The summed E-state index contributed by atoms with van der Waals surface area (Å²) in [5, 5.41) is 0. The Balaban J connectivity index is 2.12. The maximum absolute atomic E-state index is 5.67. The van der Waals surface area contributed by atoms with Crippen LogP contribution in [0.25, 0.3) is 0 Å². The van der Waals surface area contributed by atoms with E-state index in [1.165, 1.54) is 31.4 Å². The SMILES string of the molecule is Nc1cc(N2CCCCCC2)ccn1. The summed E-state index contributed by atoms with van der Waals surface area (Å²) < 4.78 is 0. The predicted octanol–water partition coefficient (Wildman–Crippen LogP) is 2.04. The molecule has 1 aromatic heterocycles. The molecule has 2 N–H and O–H groups in total. The fourth-order valence-electron chi connectivity index (χ4n) is 1.96. The molecule has 0 radical (unpaired) electrons. The molecule has 2 rings (SSSR count). The van der Waals surface area contributed by atoms with Gasteiger partial charge < -0.3 is 10.6 Å². The van der Waals surface area contributed by atoms with Crippen LogP contribution >= 0.6 is 0 Å². The molecule has 0 saturated carbocycles. The van der Waals surface area contributed by atoms with Crippen molar-refractivity contribution in [3.63, 3.8) is 0 Å².